The predicted octanol–water partition coefficient (Wildman–Crippen LogP) is 5.76. The molecule has 1 aromatic carbocycles. The molecule has 0 saturated heterocycles. The summed E-state index contributed by atoms with van der Waals surface area (Å²) in [5.41, 5.74) is 0.918. The van der Waals surface area contributed by atoms with E-state index in [2.05, 4.69) is 9.73 Å². The van der Waals surface area contributed by atoms with Crippen molar-refractivity contribution in [3.05, 3.63) is 23.3 Å². The van der Waals surface area contributed by atoms with E-state index >= 15 is 0 Å². The van der Waals surface area contributed by atoms with Crippen molar-refractivity contribution in [2.24, 2.45) is 4.99 Å². The molecule has 0 unspecified atom stereocenters. The van der Waals surface area contributed by atoms with Gasteiger partial charge >= 0.3 is 23.9 Å². The molecule has 0 aliphatic heterocycles. The second-order valence-corrected chi connectivity index (χ2v) is 6.36. The molecule has 0 saturated carbocycles. The molecular formula is C17H19F9N2O. The zero-order chi connectivity index (χ0) is 22.8. The lowest BCUT2D eigenvalue weighted by Crippen LogP contribution is -2.62. The minimum absolute atomic E-state index is 0.142. The van der Waals surface area contributed by atoms with Crippen LogP contribution in [-0.2, 0) is 0 Å². The maximum atomic E-state index is 13.6. The summed E-state index contributed by atoms with van der Waals surface area (Å²) in [4.78, 5) is 5.86. The van der Waals surface area contributed by atoms with E-state index in [-0.39, 0.29) is 11.3 Å². The van der Waals surface area contributed by atoms with Crippen LogP contribution in [0, 0.1) is 13.8 Å². The van der Waals surface area contributed by atoms with Gasteiger partial charge in [-0.3, -0.25) is 0 Å². The highest BCUT2D eigenvalue weighted by Crippen LogP contribution is 2.53. The normalized spacial score (nSPS) is 13.8. The standard InChI is InChI=1S/C17H19F9N2O/c1-5-28(4)9-27-12-6-11(3)13(7-10(12)2)29-8-14(18,19)15(20,21)16(22,23)17(24,25)26/h6-7,9H,5,8H2,1-4H3. The number of rotatable bonds is 8. The smallest absolute Gasteiger partial charge is 0.460 e. The third-order valence-electron chi connectivity index (χ3n) is 4.00. The van der Waals surface area contributed by atoms with E-state index in [1.807, 2.05) is 6.92 Å². The molecule has 1 rings (SSSR count). The molecule has 0 bridgehead atoms. The first-order valence-electron chi connectivity index (χ1n) is 8.16. The summed E-state index contributed by atoms with van der Waals surface area (Å²) in [6.07, 6.45) is -5.38. The molecule has 0 aromatic heterocycles. The van der Waals surface area contributed by atoms with Crippen LogP contribution in [0.15, 0.2) is 17.1 Å². The lowest BCUT2D eigenvalue weighted by atomic mass is 10.0. The highest BCUT2D eigenvalue weighted by Gasteiger charge is 2.81. The molecule has 0 radical (unpaired) electrons. The van der Waals surface area contributed by atoms with Crippen molar-refractivity contribution in [2.45, 2.75) is 44.7 Å². The zero-order valence-corrected chi connectivity index (χ0v) is 15.9. The van der Waals surface area contributed by atoms with Gasteiger partial charge in [0.15, 0.2) is 6.61 Å². The average Bonchev–Trinajstić information content (AvgIpc) is 2.59. The maximum Gasteiger partial charge on any atom is 0.460 e. The Kier molecular flexibility index (Phi) is 7.13. The maximum absolute atomic E-state index is 13.6. The highest BCUT2D eigenvalue weighted by molar-refractivity contribution is 5.64. The van der Waals surface area contributed by atoms with E-state index in [0.717, 1.165) is 6.07 Å². The van der Waals surface area contributed by atoms with E-state index < -0.39 is 30.6 Å². The van der Waals surface area contributed by atoms with Crippen LogP contribution in [0.3, 0.4) is 0 Å². The van der Waals surface area contributed by atoms with Crippen molar-refractivity contribution in [1.29, 1.82) is 0 Å². The molecule has 0 heterocycles. The van der Waals surface area contributed by atoms with Gasteiger partial charge in [0.05, 0.1) is 12.0 Å². The molecule has 12 heteroatoms. The summed E-state index contributed by atoms with van der Waals surface area (Å²) in [7, 11) is 1.74. The number of nitrogens with zero attached hydrogens (tertiary/aromatic N) is 2. The van der Waals surface area contributed by atoms with Crippen molar-refractivity contribution < 1.29 is 44.3 Å². The Morgan fingerprint density at radius 2 is 1.48 bits per heavy atom. The highest BCUT2D eigenvalue weighted by atomic mass is 19.4. The van der Waals surface area contributed by atoms with Gasteiger partial charge in [-0.25, -0.2) is 4.99 Å². The van der Waals surface area contributed by atoms with Crippen LogP contribution in [-0.4, -0.2) is 55.4 Å². The minimum Gasteiger partial charge on any atom is -0.487 e. The Morgan fingerprint density at radius 1 is 0.931 bits per heavy atom. The summed E-state index contributed by atoms with van der Waals surface area (Å²) in [6.45, 7) is 2.97. The molecule has 0 N–H and O–H groups in total. The number of halogens is 9. The lowest BCUT2D eigenvalue weighted by Gasteiger charge is -2.33. The van der Waals surface area contributed by atoms with Gasteiger partial charge in [0.1, 0.15) is 5.75 Å². The fraction of sp³-hybridized carbons (Fsp3) is 0.588. The monoisotopic (exact) mass is 438 g/mol. The van der Waals surface area contributed by atoms with E-state index in [4.69, 9.17) is 0 Å². The molecule has 0 aliphatic carbocycles. The largest absolute Gasteiger partial charge is 0.487 e. The predicted molar refractivity (Wildman–Crippen MR) is 88.8 cm³/mol. The molecule has 0 spiro atoms. The van der Waals surface area contributed by atoms with Crippen LogP contribution in [0.1, 0.15) is 18.1 Å². The third kappa shape index (κ3) is 5.08. The van der Waals surface area contributed by atoms with Crippen molar-refractivity contribution in [2.75, 3.05) is 20.2 Å². The minimum atomic E-state index is -6.94. The zero-order valence-electron chi connectivity index (χ0n) is 15.9. The molecule has 29 heavy (non-hydrogen) atoms. The summed E-state index contributed by atoms with van der Waals surface area (Å²) in [5, 5.41) is 0. The van der Waals surface area contributed by atoms with Gasteiger partial charge in [0.25, 0.3) is 0 Å². The quantitative estimate of drug-likeness (QED) is 0.293. The first kappa shape index (κ1) is 24.9. The van der Waals surface area contributed by atoms with Gasteiger partial charge in [-0.1, -0.05) is 0 Å². The number of benzene rings is 1. The van der Waals surface area contributed by atoms with Gasteiger partial charge in [-0.15, -0.1) is 0 Å². The van der Waals surface area contributed by atoms with Crippen LogP contribution in [0.2, 0.25) is 0 Å². The number of hydrogen-bond acceptors (Lipinski definition) is 2. The van der Waals surface area contributed by atoms with Crippen molar-refractivity contribution >= 4 is 12.0 Å². The lowest BCUT2D eigenvalue weighted by molar-refractivity contribution is -0.398. The van der Waals surface area contributed by atoms with E-state index in [1.165, 1.54) is 26.3 Å². The number of hydrogen-bond donors (Lipinski definition) is 0. The first-order valence-corrected chi connectivity index (χ1v) is 8.16. The fourth-order valence-electron chi connectivity index (χ4n) is 1.98. The number of aryl methyl sites for hydroxylation is 2. The van der Waals surface area contributed by atoms with Crippen LogP contribution in [0.25, 0.3) is 0 Å². The first-order chi connectivity index (χ1) is 13.0. The third-order valence-corrected chi connectivity index (χ3v) is 4.00. The molecule has 0 amide bonds. The second-order valence-electron chi connectivity index (χ2n) is 6.36. The molecule has 1 aromatic rings. The topological polar surface area (TPSA) is 24.8 Å². The average molecular weight is 438 g/mol. The summed E-state index contributed by atoms with van der Waals surface area (Å²) in [6, 6.07) is 2.51. The summed E-state index contributed by atoms with van der Waals surface area (Å²) in [5.74, 6) is -19.8. The number of ether oxygens (including phenoxy) is 1. The van der Waals surface area contributed by atoms with Crippen LogP contribution >= 0.6 is 0 Å². The van der Waals surface area contributed by atoms with Crippen molar-refractivity contribution in [3.8, 4) is 5.75 Å². The Bertz CT molecular complexity index is 745. The van der Waals surface area contributed by atoms with Gasteiger partial charge in [0.2, 0.25) is 0 Å². The van der Waals surface area contributed by atoms with Crippen LogP contribution in [0.4, 0.5) is 45.2 Å². The van der Waals surface area contributed by atoms with Crippen molar-refractivity contribution in [1.82, 2.24) is 4.90 Å². The van der Waals surface area contributed by atoms with E-state index in [9.17, 15) is 39.5 Å². The van der Waals surface area contributed by atoms with Crippen molar-refractivity contribution in [3.63, 3.8) is 0 Å². The molecule has 0 aliphatic rings. The summed E-state index contributed by atoms with van der Waals surface area (Å²) < 4.78 is 120. The Hall–Kier alpha value is -2.14. The Balaban J connectivity index is 3.08. The van der Waals surface area contributed by atoms with Gasteiger partial charge < -0.3 is 9.64 Å². The van der Waals surface area contributed by atoms with Gasteiger partial charge in [-0.2, -0.15) is 39.5 Å². The van der Waals surface area contributed by atoms with E-state index in [1.54, 1.807) is 11.9 Å². The van der Waals surface area contributed by atoms with Crippen LogP contribution < -0.4 is 4.74 Å². The van der Waals surface area contributed by atoms with E-state index in [0.29, 0.717) is 17.8 Å². The molecule has 0 fully saturated rings. The SMILES string of the molecule is CCN(C)C=Nc1cc(C)c(OCC(F)(F)C(F)(F)C(F)(F)C(F)(F)F)cc1C. The summed E-state index contributed by atoms with van der Waals surface area (Å²) >= 11 is 0. The molecule has 0 atom stereocenters. The van der Waals surface area contributed by atoms with Gasteiger partial charge in [0, 0.05) is 13.6 Å². The second kappa shape index (κ2) is 8.31. The van der Waals surface area contributed by atoms with Gasteiger partial charge in [-0.05, 0) is 44.0 Å². The Labute approximate surface area is 161 Å². The Morgan fingerprint density at radius 3 is 1.97 bits per heavy atom. The molecule has 3 nitrogen and oxygen atoms in total. The number of alkyl halides is 9. The number of aliphatic imine (C=N–C) groups is 1. The van der Waals surface area contributed by atoms with Crippen LogP contribution in [0.5, 0.6) is 5.75 Å². The molecule has 166 valence electrons. The molecular weight excluding hydrogens is 419 g/mol. The fourth-order valence-corrected chi connectivity index (χ4v) is 1.98.